The maximum Gasteiger partial charge on any atom is 0.0543 e. The van der Waals surface area contributed by atoms with Gasteiger partial charge in [0.15, 0.2) is 0 Å². The SMILES string of the molecule is CC[C@@H](C)/C=C/[C@H](C)[C@H]1CC[C@H]2C3=CC[C@H]4C[C@@H](O)CC[C@]4(C)[C@@H]3CC[C@]12C. The van der Waals surface area contributed by atoms with Crippen LogP contribution in [0.1, 0.15) is 92.4 Å². The Balaban J connectivity index is 1.56. The Bertz CT molecular complexity index is 632. The Kier molecular flexibility index (Phi) is 5.62. The van der Waals surface area contributed by atoms with Gasteiger partial charge >= 0.3 is 0 Å². The fourth-order valence-corrected chi connectivity index (χ4v) is 8.03. The minimum absolute atomic E-state index is 0.0455. The van der Waals surface area contributed by atoms with E-state index in [1.165, 1.54) is 44.9 Å². The minimum Gasteiger partial charge on any atom is -0.393 e. The number of hydrogen-bond donors (Lipinski definition) is 1. The molecular formula is C27H44O. The molecule has 0 bridgehead atoms. The molecule has 4 rings (SSSR count). The van der Waals surface area contributed by atoms with Crippen LogP contribution in [0.5, 0.6) is 0 Å². The van der Waals surface area contributed by atoms with E-state index in [9.17, 15) is 5.11 Å². The fraction of sp³-hybridized carbons (Fsp3) is 0.852. The molecule has 3 fully saturated rings. The van der Waals surface area contributed by atoms with Crippen LogP contribution in [0.15, 0.2) is 23.8 Å². The van der Waals surface area contributed by atoms with Crippen LogP contribution in [-0.2, 0) is 0 Å². The van der Waals surface area contributed by atoms with E-state index in [0.717, 1.165) is 30.6 Å². The first-order valence-electron chi connectivity index (χ1n) is 12.4. The number of allylic oxidation sites excluding steroid dienone is 4. The highest BCUT2D eigenvalue weighted by atomic mass is 16.3. The van der Waals surface area contributed by atoms with Crippen LogP contribution in [0.3, 0.4) is 0 Å². The smallest absolute Gasteiger partial charge is 0.0543 e. The van der Waals surface area contributed by atoms with Gasteiger partial charge in [0.25, 0.3) is 0 Å². The molecule has 0 saturated heterocycles. The van der Waals surface area contributed by atoms with Crippen LogP contribution in [0.4, 0.5) is 0 Å². The lowest BCUT2D eigenvalue weighted by molar-refractivity contribution is -0.0414. The zero-order valence-corrected chi connectivity index (χ0v) is 19.1. The first-order valence-corrected chi connectivity index (χ1v) is 12.4. The monoisotopic (exact) mass is 384 g/mol. The predicted octanol–water partition coefficient (Wildman–Crippen LogP) is 7.16. The van der Waals surface area contributed by atoms with Crippen LogP contribution < -0.4 is 0 Å². The van der Waals surface area contributed by atoms with Gasteiger partial charge in [0, 0.05) is 0 Å². The van der Waals surface area contributed by atoms with Crippen LogP contribution in [0.25, 0.3) is 0 Å². The van der Waals surface area contributed by atoms with E-state index in [1.54, 1.807) is 0 Å². The summed E-state index contributed by atoms with van der Waals surface area (Å²) in [6, 6.07) is 0. The summed E-state index contributed by atoms with van der Waals surface area (Å²) in [7, 11) is 0. The summed E-state index contributed by atoms with van der Waals surface area (Å²) in [5, 5.41) is 10.2. The van der Waals surface area contributed by atoms with Gasteiger partial charge in [-0.3, -0.25) is 0 Å². The van der Waals surface area contributed by atoms with Crippen molar-refractivity contribution in [3.63, 3.8) is 0 Å². The van der Waals surface area contributed by atoms with Gasteiger partial charge in [-0.1, -0.05) is 64.8 Å². The van der Waals surface area contributed by atoms with E-state index < -0.39 is 0 Å². The van der Waals surface area contributed by atoms with Crippen molar-refractivity contribution in [1.29, 1.82) is 0 Å². The van der Waals surface area contributed by atoms with Crippen molar-refractivity contribution in [3.05, 3.63) is 23.8 Å². The molecule has 1 nitrogen and oxygen atoms in total. The standard InChI is InChI=1S/C27H44O/c1-6-18(2)7-8-19(3)23-11-12-24-22-10-9-20-17-21(28)13-15-26(20,4)25(22)14-16-27(23,24)5/h7-8,10,18-21,23-25,28H,6,9,11-17H2,1-5H3/b8-7+/t18-,19+,20+,21+,23-,24+,25-,26+,27-/m1/s1. The van der Waals surface area contributed by atoms with Gasteiger partial charge < -0.3 is 5.11 Å². The molecule has 1 N–H and O–H groups in total. The molecule has 0 unspecified atom stereocenters. The normalized spacial score (nSPS) is 47.8. The Morgan fingerprint density at radius 1 is 1.04 bits per heavy atom. The topological polar surface area (TPSA) is 20.2 Å². The van der Waals surface area contributed by atoms with Gasteiger partial charge in [-0.25, -0.2) is 0 Å². The van der Waals surface area contributed by atoms with E-state index in [-0.39, 0.29) is 6.10 Å². The van der Waals surface area contributed by atoms with E-state index in [4.69, 9.17) is 0 Å². The Hall–Kier alpha value is -0.560. The molecule has 0 aromatic rings. The zero-order valence-electron chi connectivity index (χ0n) is 19.1. The van der Waals surface area contributed by atoms with Crippen LogP contribution in [-0.4, -0.2) is 11.2 Å². The first-order chi connectivity index (χ1) is 13.3. The number of aliphatic hydroxyl groups excluding tert-OH is 1. The summed E-state index contributed by atoms with van der Waals surface area (Å²) in [6.07, 6.45) is 19.0. The van der Waals surface area contributed by atoms with Crippen molar-refractivity contribution < 1.29 is 5.11 Å². The number of aliphatic hydroxyl groups is 1. The van der Waals surface area contributed by atoms with Crippen molar-refractivity contribution in [2.75, 3.05) is 0 Å². The number of rotatable bonds is 4. The molecule has 9 atom stereocenters. The third kappa shape index (κ3) is 3.24. The van der Waals surface area contributed by atoms with E-state index in [0.29, 0.717) is 28.6 Å². The van der Waals surface area contributed by atoms with Crippen molar-refractivity contribution >= 4 is 0 Å². The van der Waals surface area contributed by atoms with E-state index in [1.807, 2.05) is 5.57 Å². The molecule has 4 aliphatic rings. The Labute approximate surface area is 174 Å². The molecule has 3 saturated carbocycles. The summed E-state index contributed by atoms with van der Waals surface area (Å²) in [6.45, 7) is 12.3. The van der Waals surface area contributed by atoms with Gasteiger partial charge in [-0.15, -0.1) is 0 Å². The second-order valence-corrected chi connectivity index (χ2v) is 11.5. The molecule has 0 heterocycles. The summed E-state index contributed by atoms with van der Waals surface area (Å²) >= 11 is 0. The maximum absolute atomic E-state index is 10.2. The molecule has 28 heavy (non-hydrogen) atoms. The van der Waals surface area contributed by atoms with Crippen molar-refractivity contribution in [2.45, 2.75) is 98.5 Å². The summed E-state index contributed by atoms with van der Waals surface area (Å²) in [5.74, 6) is 4.59. The van der Waals surface area contributed by atoms with E-state index >= 15 is 0 Å². The lowest BCUT2D eigenvalue weighted by Gasteiger charge is -2.57. The molecule has 0 radical (unpaired) electrons. The van der Waals surface area contributed by atoms with Crippen LogP contribution in [0, 0.1) is 46.3 Å². The van der Waals surface area contributed by atoms with Gasteiger partial charge in [-0.2, -0.15) is 0 Å². The first kappa shape index (κ1) is 20.7. The van der Waals surface area contributed by atoms with Crippen LogP contribution in [0.2, 0.25) is 0 Å². The maximum atomic E-state index is 10.2. The summed E-state index contributed by atoms with van der Waals surface area (Å²) in [5.41, 5.74) is 2.80. The lowest BCUT2D eigenvalue weighted by Crippen LogP contribution is -2.49. The van der Waals surface area contributed by atoms with Gasteiger partial charge in [0.1, 0.15) is 0 Å². The minimum atomic E-state index is -0.0455. The fourth-order valence-electron chi connectivity index (χ4n) is 8.03. The van der Waals surface area contributed by atoms with Gasteiger partial charge in [0.2, 0.25) is 0 Å². The molecule has 158 valence electrons. The third-order valence-electron chi connectivity index (χ3n) is 10.1. The highest BCUT2D eigenvalue weighted by molar-refractivity contribution is 5.28. The lowest BCUT2D eigenvalue weighted by atomic mass is 9.47. The highest BCUT2D eigenvalue weighted by Crippen LogP contribution is 2.66. The highest BCUT2D eigenvalue weighted by Gasteiger charge is 2.57. The molecule has 1 heteroatoms. The largest absolute Gasteiger partial charge is 0.393 e. The molecule has 0 spiro atoms. The molecular weight excluding hydrogens is 340 g/mol. The zero-order chi connectivity index (χ0) is 20.1. The van der Waals surface area contributed by atoms with Crippen molar-refractivity contribution in [1.82, 2.24) is 0 Å². The van der Waals surface area contributed by atoms with Crippen molar-refractivity contribution in [2.24, 2.45) is 46.3 Å². The molecule has 0 aliphatic heterocycles. The summed E-state index contributed by atoms with van der Waals surface area (Å²) < 4.78 is 0. The Morgan fingerprint density at radius 2 is 1.75 bits per heavy atom. The van der Waals surface area contributed by atoms with Crippen molar-refractivity contribution in [3.8, 4) is 0 Å². The molecule has 0 aromatic carbocycles. The van der Waals surface area contributed by atoms with Gasteiger partial charge in [0.05, 0.1) is 6.10 Å². The van der Waals surface area contributed by atoms with E-state index in [2.05, 4.69) is 52.8 Å². The molecule has 0 aromatic heterocycles. The molecule has 4 aliphatic carbocycles. The third-order valence-corrected chi connectivity index (χ3v) is 10.1. The average molecular weight is 385 g/mol. The average Bonchev–Trinajstić information content (AvgIpc) is 3.03. The van der Waals surface area contributed by atoms with Crippen LogP contribution >= 0.6 is 0 Å². The molecule has 0 amide bonds. The Morgan fingerprint density at radius 3 is 2.50 bits per heavy atom. The second kappa shape index (κ2) is 7.60. The summed E-state index contributed by atoms with van der Waals surface area (Å²) in [4.78, 5) is 0. The number of hydrogen-bond acceptors (Lipinski definition) is 1. The quantitative estimate of drug-likeness (QED) is 0.510. The number of fused-ring (bicyclic) bond motifs is 5. The van der Waals surface area contributed by atoms with Gasteiger partial charge in [-0.05, 0) is 97.7 Å². The predicted molar refractivity (Wildman–Crippen MR) is 119 cm³/mol. The second-order valence-electron chi connectivity index (χ2n) is 11.5.